The topological polar surface area (TPSA) is 81.1 Å². The monoisotopic (exact) mass is 263 g/mol. The van der Waals surface area contributed by atoms with E-state index in [-0.39, 0.29) is 5.56 Å². The van der Waals surface area contributed by atoms with Crippen molar-refractivity contribution in [2.75, 3.05) is 5.73 Å². The highest BCUT2D eigenvalue weighted by Crippen LogP contribution is 2.32. The summed E-state index contributed by atoms with van der Waals surface area (Å²) in [6.07, 6.45) is 0. The van der Waals surface area contributed by atoms with Crippen LogP contribution in [0.25, 0.3) is 0 Å². The Hall–Kier alpha value is -1.95. The van der Waals surface area contributed by atoms with Gasteiger partial charge in [-0.05, 0) is 31.2 Å². The molecule has 1 heterocycles. The lowest BCUT2D eigenvalue weighted by Crippen LogP contribution is -2.00. The minimum absolute atomic E-state index is 0.244. The quantitative estimate of drug-likeness (QED) is 0.829. The number of carboxylic acid groups (broad SMARTS) is 1. The molecule has 0 saturated heterocycles. The van der Waals surface area contributed by atoms with E-state index in [1.807, 2.05) is 20.0 Å². The number of carbonyl (C=O) groups is 1. The van der Waals surface area contributed by atoms with E-state index in [2.05, 4.69) is 5.10 Å². The molecule has 0 unspecified atom stereocenters. The number of nitrogens with zero attached hydrogens (tertiary/aromatic N) is 2. The van der Waals surface area contributed by atoms with Gasteiger partial charge in [0.2, 0.25) is 0 Å². The van der Waals surface area contributed by atoms with Gasteiger partial charge in [0.05, 0.1) is 16.3 Å². The second-order valence-corrected chi connectivity index (χ2v) is 4.97. The second kappa shape index (κ2) is 4.73. The van der Waals surface area contributed by atoms with Gasteiger partial charge in [0.1, 0.15) is 0 Å². The first-order valence-electron chi connectivity index (χ1n) is 5.28. The van der Waals surface area contributed by atoms with E-state index in [0.29, 0.717) is 10.6 Å². The number of hydrogen-bond acceptors (Lipinski definition) is 4. The summed E-state index contributed by atoms with van der Waals surface area (Å²) in [7, 11) is 1.82. The number of aryl methyl sites for hydroxylation is 2. The van der Waals surface area contributed by atoms with E-state index in [1.54, 1.807) is 16.8 Å². The summed E-state index contributed by atoms with van der Waals surface area (Å²) in [4.78, 5) is 11.8. The van der Waals surface area contributed by atoms with Crippen LogP contribution in [0.3, 0.4) is 0 Å². The van der Waals surface area contributed by atoms with Gasteiger partial charge < -0.3 is 10.8 Å². The van der Waals surface area contributed by atoms with E-state index >= 15 is 0 Å². The molecule has 0 aliphatic rings. The standard InChI is InChI=1S/C12H13N3O2S/c1-7-5-11(15(2)14-7)18-10-6-8(13)3-4-9(10)12(16)17/h3-6H,13H2,1-2H3,(H,16,17). The maximum absolute atomic E-state index is 11.1. The Labute approximate surface area is 109 Å². The lowest BCUT2D eigenvalue weighted by Gasteiger charge is -2.06. The Morgan fingerprint density at radius 1 is 1.44 bits per heavy atom. The van der Waals surface area contributed by atoms with Gasteiger partial charge in [-0.25, -0.2) is 4.79 Å². The van der Waals surface area contributed by atoms with Gasteiger partial charge in [-0.3, -0.25) is 4.68 Å². The molecule has 3 N–H and O–H groups in total. The molecule has 1 aromatic carbocycles. The average molecular weight is 263 g/mol. The van der Waals surface area contributed by atoms with Crippen molar-refractivity contribution in [1.82, 2.24) is 9.78 Å². The van der Waals surface area contributed by atoms with Gasteiger partial charge in [-0.1, -0.05) is 11.8 Å². The van der Waals surface area contributed by atoms with E-state index in [4.69, 9.17) is 10.8 Å². The number of rotatable bonds is 3. The van der Waals surface area contributed by atoms with Crippen LogP contribution < -0.4 is 5.73 Å². The number of nitrogen functional groups attached to an aromatic ring is 1. The zero-order chi connectivity index (χ0) is 13.3. The predicted octanol–water partition coefficient (Wildman–Crippen LogP) is 2.16. The molecule has 6 heteroatoms. The molecule has 5 nitrogen and oxygen atoms in total. The van der Waals surface area contributed by atoms with Gasteiger partial charge in [0, 0.05) is 17.6 Å². The number of hydrogen-bond donors (Lipinski definition) is 2. The SMILES string of the molecule is Cc1cc(Sc2cc(N)ccc2C(=O)O)n(C)n1. The van der Waals surface area contributed by atoms with Crippen molar-refractivity contribution in [3.63, 3.8) is 0 Å². The molecular formula is C12H13N3O2S. The molecule has 0 spiro atoms. The van der Waals surface area contributed by atoms with E-state index in [0.717, 1.165) is 10.7 Å². The first-order chi connectivity index (χ1) is 8.47. The van der Waals surface area contributed by atoms with Crippen molar-refractivity contribution >= 4 is 23.4 Å². The third-order valence-corrected chi connectivity index (χ3v) is 3.56. The normalized spacial score (nSPS) is 10.6. The minimum Gasteiger partial charge on any atom is -0.478 e. The first kappa shape index (κ1) is 12.5. The largest absolute Gasteiger partial charge is 0.478 e. The van der Waals surface area contributed by atoms with Crippen molar-refractivity contribution in [2.45, 2.75) is 16.8 Å². The smallest absolute Gasteiger partial charge is 0.336 e. The highest BCUT2D eigenvalue weighted by molar-refractivity contribution is 7.99. The molecule has 0 bridgehead atoms. The van der Waals surface area contributed by atoms with Gasteiger partial charge >= 0.3 is 5.97 Å². The molecule has 1 aromatic heterocycles. The molecular weight excluding hydrogens is 250 g/mol. The number of aromatic nitrogens is 2. The third kappa shape index (κ3) is 2.48. The predicted molar refractivity (Wildman–Crippen MR) is 69.9 cm³/mol. The highest BCUT2D eigenvalue weighted by atomic mass is 32.2. The van der Waals surface area contributed by atoms with Crippen molar-refractivity contribution in [3.05, 3.63) is 35.5 Å². The average Bonchev–Trinajstić information content (AvgIpc) is 2.57. The zero-order valence-electron chi connectivity index (χ0n) is 10.0. The zero-order valence-corrected chi connectivity index (χ0v) is 10.9. The fourth-order valence-corrected chi connectivity index (χ4v) is 2.68. The van der Waals surface area contributed by atoms with Crippen LogP contribution >= 0.6 is 11.8 Å². The summed E-state index contributed by atoms with van der Waals surface area (Å²) in [6, 6.07) is 6.67. The molecule has 0 aliphatic heterocycles. The summed E-state index contributed by atoms with van der Waals surface area (Å²) in [5.41, 5.74) is 7.37. The molecule has 0 amide bonds. The van der Waals surface area contributed by atoms with E-state index < -0.39 is 5.97 Å². The van der Waals surface area contributed by atoms with Crippen LogP contribution in [0.2, 0.25) is 0 Å². The van der Waals surface area contributed by atoms with Crippen LogP contribution in [0.4, 0.5) is 5.69 Å². The molecule has 94 valence electrons. The Balaban J connectivity index is 2.42. The maximum atomic E-state index is 11.1. The minimum atomic E-state index is -0.962. The second-order valence-electron chi connectivity index (χ2n) is 3.91. The lowest BCUT2D eigenvalue weighted by atomic mass is 10.2. The Morgan fingerprint density at radius 3 is 2.72 bits per heavy atom. The maximum Gasteiger partial charge on any atom is 0.336 e. The van der Waals surface area contributed by atoms with Crippen molar-refractivity contribution in [1.29, 1.82) is 0 Å². The molecule has 2 aromatic rings. The van der Waals surface area contributed by atoms with Crippen LogP contribution in [-0.4, -0.2) is 20.9 Å². The third-order valence-electron chi connectivity index (χ3n) is 2.41. The number of benzene rings is 1. The summed E-state index contributed by atoms with van der Waals surface area (Å²) in [6.45, 7) is 1.89. The Kier molecular flexibility index (Phi) is 3.29. The van der Waals surface area contributed by atoms with Crippen LogP contribution in [0.5, 0.6) is 0 Å². The lowest BCUT2D eigenvalue weighted by molar-refractivity contribution is 0.0693. The van der Waals surface area contributed by atoms with Gasteiger partial charge in [-0.2, -0.15) is 5.10 Å². The van der Waals surface area contributed by atoms with Crippen molar-refractivity contribution < 1.29 is 9.90 Å². The Bertz CT molecular complexity index is 607. The number of anilines is 1. The summed E-state index contributed by atoms with van der Waals surface area (Å²) in [5, 5.41) is 14.2. The molecule has 0 atom stereocenters. The van der Waals surface area contributed by atoms with Gasteiger partial charge in [0.15, 0.2) is 0 Å². The first-order valence-corrected chi connectivity index (χ1v) is 6.10. The molecule has 0 aliphatic carbocycles. The number of carboxylic acids is 1. The summed E-state index contributed by atoms with van der Waals surface area (Å²) >= 11 is 1.34. The molecule has 18 heavy (non-hydrogen) atoms. The van der Waals surface area contributed by atoms with Crippen LogP contribution in [0.15, 0.2) is 34.2 Å². The van der Waals surface area contributed by atoms with Gasteiger partial charge in [0.25, 0.3) is 0 Å². The van der Waals surface area contributed by atoms with Crippen LogP contribution in [0.1, 0.15) is 16.1 Å². The number of nitrogens with two attached hydrogens (primary N) is 1. The van der Waals surface area contributed by atoms with E-state index in [9.17, 15) is 4.79 Å². The fraction of sp³-hybridized carbons (Fsp3) is 0.167. The Morgan fingerprint density at radius 2 is 2.17 bits per heavy atom. The van der Waals surface area contributed by atoms with Crippen molar-refractivity contribution in [3.8, 4) is 0 Å². The summed E-state index contributed by atoms with van der Waals surface area (Å²) < 4.78 is 1.72. The van der Waals surface area contributed by atoms with Gasteiger partial charge in [-0.15, -0.1) is 0 Å². The fourth-order valence-electron chi connectivity index (χ4n) is 1.60. The molecule has 0 saturated carbocycles. The molecule has 0 radical (unpaired) electrons. The van der Waals surface area contributed by atoms with Crippen molar-refractivity contribution in [2.24, 2.45) is 7.05 Å². The highest BCUT2D eigenvalue weighted by Gasteiger charge is 2.13. The van der Waals surface area contributed by atoms with Crippen LogP contribution in [-0.2, 0) is 7.05 Å². The van der Waals surface area contributed by atoms with E-state index in [1.165, 1.54) is 17.8 Å². The summed E-state index contributed by atoms with van der Waals surface area (Å²) in [5.74, 6) is -0.962. The molecule has 2 rings (SSSR count). The number of aromatic carboxylic acids is 1. The molecule has 0 fully saturated rings. The van der Waals surface area contributed by atoms with Crippen LogP contribution in [0, 0.1) is 6.92 Å².